The van der Waals surface area contributed by atoms with Gasteiger partial charge in [0.25, 0.3) is 11.8 Å². The first-order valence-electron chi connectivity index (χ1n) is 7.79. The molecular weight excluding hydrogens is 324 g/mol. The summed E-state index contributed by atoms with van der Waals surface area (Å²) < 4.78 is 10.0. The highest BCUT2D eigenvalue weighted by molar-refractivity contribution is 5.96. The summed E-state index contributed by atoms with van der Waals surface area (Å²) >= 11 is 0. The molecule has 2 N–H and O–H groups in total. The van der Waals surface area contributed by atoms with E-state index >= 15 is 0 Å². The van der Waals surface area contributed by atoms with E-state index in [1.165, 1.54) is 6.26 Å². The average molecular weight is 344 g/mol. The van der Waals surface area contributed by atoms with E-state index in [9.17, 15) is 14.4 Å². The quantitative estimate of drug-likeness (QED) is 0.746. The average Bonchev–Trinajstić information content (AvgIpc) is 3.12. The zero-order valence-corrected chi connectivity index (χ0v) is 14.1. The largest absolute Gasteiger partial charge is 0.467 e. The molecule has 0 aliphatic rings. The molecule has 0 radical (unpaired) electrons. The first kappa shape index (κ1) is 18.3. The number of nitrogens with one attached hydrogen (secondary N) is 2. The van der Waals surface area contributed by atoms with Crippen LogP contribution in [0, 0.1) is 6.92 Å². The number of amides is 2. The molecular formula is C18H20N2O5. The molecule has 2 amide bonds. The molecule has 2 aromatic rings. The van der Waals surface area contributed by atoms with Crippen molar-refractivity contribution in [3.63, 3.8) is 0 Å². The van der Waals surface area contributed by atoms with Gasteiger partial charge in [-0.15, -0.1) is 0 Å². The summed E-state index contributed by atoms with van der Waals surface area (Å²) in [4.78, 5) is 35.3. The molecule has 0 saturated carbocycles. The number of rotatable bonds is 7. The van der Waals surface area contributed by atoms with Crippen LogP contribution >= 0.6 is 0 Å². The molecule has 0 bridgehead atoms. The molecule has 1 aromatic heterocycles. The van der Waals surface area contributed by atoms with Crippen LogP contribution in [0.2, 0.25) is 0 Å². The Morgan fingerprint density at radius 1 is 1.20 bits per heavy atom. The number of hydrogen-bond donors (Lipinski definition) is 2. The lowest BCUT2D eigenvalue weighted by molar-refractivity contribution is -0.147. The number of benzene rings is 1. The van der Waals surface area contributed by atoms with E-state index in [1.807, 2.05) is 13.0 Å². The molecule has 1 heterocycles. The Morgan fingerprint density at radius 2 is 2.00 bits per heavy atom. The summed E-state index contributed by atoms with van der Waals surface area (Å²) in [7, 11) is 0. The van der Waals surface area contributed by atoms with Gasteiger partial charge in [-0.3, -0.25) is 14.4 Å². The lowest BCUT2D eigenvalue weighted by Gasteiger charge is -2.11. The van der Waals surface area contributed by atoms with Crippen molar-refractivity contribution in [2.24, 2.45) is 0 Å². The summed E-state index contributed by atoms with van der Waals surface area (Å²) in [5.41, 5.74) is 1.40. The van der Waals surface area contributed by atoms with Gasteiger partial charge in [-0.05, 0) is 38.1 Å². The van der Waals surface area contributed by atoms with Gasteiger partial charge < -0.3 is 19.8 Å². The highest BCUT2D eigenvalue weighted by Crippen LogP contribution is 2.11. The minimum Gasteiger partial charge on any atom is -0.467 e. The molecule has 1 atom stereocenters. The predicted octanol–water partition coefficient (Wildman–Crippen LogP) is 1.74. The number of aryl methyl sites for hydroxylation is 1. The van der Waals surface area contributed by atoms with Crippen molar-refractivity contribution in [1.82, 2.24) is 10.6 Å². The Balaban J connectivity index is 1.70. The molecule has 0 unspecified atom stereocenters. The van der Waals surface area contributed by atoms with Gasteiger partial charge in [-0.1, -0.05) is 17.7 Å². The Labute approximate surface area is 145 Å². The fraction of sp³-hybridized carbons (Fsp3) is 0.278. The summed E-state index contributed by atoms with van der Waals surface area (Å²) in [5, 5.41) is 5.09. The molecule has 0 aliphatic heterocycles. The van der Waals surface area contributed by atoms with Crippen LogP contribution < -0.4 is 10.6 Å². The highest BCUT2D eigenvalue weighted by atomic mass is 16.5. The van der Waals surface area contributed by atoms with E-state index < -0.39 is 18.5 Å². The molecule has 7 nitrogen and oxygen atoms in total. The first-order valence-corrected chi connectivity index (χ1v) is 7.79. The van der Waals surface area contributed by atoms with Crippen molar-refractivity contribution in [3.05, 3.63) is 59.5 Å². The second kappa shape index (κ2) is 8.68. The van der Waals surface area contributed by atoms with Gasteiger partial charge in [0.05, 0.1) is 12.3 Å². The molecule has 132 valence electrons. The summed E-state index contributed by atoms with van der Waals surface area (Å²) in [6, 6.07) is 10.1. The van der Waals surface area contributed by atoms with E-state index in [2.05, 4.69) is 10.6 Å². The van der Waals surface area contributed by atoms with Crippen LogP contribution in [0.25, 0.3) is 0 Å². The van der Waals surface area contributed by atoms with E-state index in [1.54, 1.807) is 37.3 Å². The summed E-state index contributed by atoms with van der Waals surface area (Å²) in [6.07, 6.45) is 1.51. The molecule has 0 fully saturated rings. The Bertz CT molecular complexity index is 740. The molecule has 0 saturated heterocycles. The normalized spacial score (nSPS) is 11.4. The van der Waals surface area contributed by atoms with Crippen molar-refractivity contribution in [2.45, 2.75) is 19.9 Å². The van der Waals surface area contributed by atoms with Crippen LogP contribution in [0.5, 0.6) is 0 Å². The molecule has 1 aromatic carbocycles. The van der Waals surface area contributed by atoms with E-state index in [-0.39, 0.29) is 18.5 Å². The third-order valence-electron chi connectivity index (χ3n) is 3.39. The Hall–Kier alpha value is -3.09. The van der Waals surface area contributed by atoms with E-state index in [0.29, 0.717) is 11.3 Å². The second-order valence-electron chi connectivity index (χ2n) is 5.52. The first-order chi connectivity index (χ1) is 12.0. The molecule has 2 rings (SSSR count). The van der Waals surface area contributed by atoms with Crippen LogP contribution in [-0.4, -0.2) is 30.9 Å². The van der Waals surface area contributed by atoms with Crippen LogP contribution in [0.15, 0.2) is 47.1 Å². The second-order valence-corrected chi connectivity index (χ2v) is 5.52. The smallest absolute Gasteiger partial charge is 0.325 e. The standard InChI is InChI=1S/C18H20N2O5/c1-12-5-3-6-14(9-12)18(23)19-10-17(22)25-11-16(21)20-13(2)15-7-4-8-24-15/h3-9,13H,10-11H2,1-2H3,(H,19,23)(H,20,21)/t13-/m0/s1. The summed E-state index contributed by atoms with van der Waals surface area (Å²) in [5.74, 6) is -0.925. The van der Waals surface area contributed by atoms with Crippen molar-refractivity contribution in [3.8, 4) is 0 Å². The van der Waals surface area contributed by atoms with Crippen LogP contribution in [0.1, 0.15) is 34.6 Å². The zero-order valence-electron chi connectivity index (χ0n) is 14.1. The SMILES string of the molecule is Cc1cccc(C(=O)NCC(=O)OCC(=O)N[C@@H](C)c2ccco2)c1. The fourth-order valence-electron chi connectivity index (χ4n) is 2.13. The van der Waals surface area contributed by atoms with E-state index in [4.69, 9.17) is 9.15 Å². The molecule has 7 heteroatoms. The topological polar surface area (TPSA) is 97.6 Å². The minimum absolute atomic E-state index is 0.312. The van der Waals surface area contributed by atoms with Crippen molar-refractivity contribution in [2.75, 3.05) is 13.2 Å². The lowest BCUT2D eigenvalue weighted by atomic mass is 10.1. The van der Waals surface area contributed by atoms with Gasteiger partial charge in [0.2, 0.25) is 0 Å². The van der Waals surface area contributed by atoms with Gasteiger partial charge in [0, 0.05) is 5.56 Å². The lowest BCUT2D eigenvalue weighted by Crippen LogP contribution is -2.34. The summed E-state index contributed by atoms with van der Waals surface area (Å²) in [6.45, 7) is 2.88. The van der Waals surface area contributed by atoms with Crippen molar-refractivity contribution < 1.29 is 23.5 Å². The fourth-order valence-corrected chi connectivity index (χ4v) is 2.13. The maximum Gasteiger partial charge on any atom is 0.325 e. The van der Waals surface area contributed by atoms with Gasteiger partial charge in [0.1, 0.15) is 12.3 Å². The van der Waals surface area contributed by atoms with Gasteiger partial charge in [0.15, 0.2) is 6.61 Å². The van der Waals surface area contributed by atoms with Gasteiger partial charge in [-0.2, -0.15) is 0 Å². The van der Waals surface area contributed by atoms with Crippen molar-refractivity contribution in [1.29, 1.82) is 0 Å². The van der Waals surface area contributed by atoms with Crippen LogP contribution in [0.4, 0.5) is 0 Å². The van der Waals surface area contributed by atoms with Gasteiger partial charge >= 0.3 is 5.97 Å². The Morgan fingerprint density at radius 3 is 2.68 bits per heavy atom. The number of furan rings is 1. The van der Waals surface area contributed by atoms with Crippen molar-refractivity contribution >= 4 is 17.8 Å². The minimum atomic E-state index is -0.693. The van der Waals surface area contributed by atoms with Crippen LogP contribution in [0.3, 0.4) is 0 Å². The zero-order chi connectivity index (χ0) is 18.2. The third kappa shape index (κ3) is 5.80. The van der Waals surface area contributed by atoms with Crippen LogP contribution in [-0.2, 0) is 14.3 Å². The number of ether oxygens (including phenoxy) is 1. The third-order valence-corrected chi connectivity index (χ3v) is 3.39. The number of hydrogen-bond acceptors (Lipinski definition) is 5. The maximum absolute atomic E-state index is 11.9. The molecule has 25 heavy (non-hydrogen) atoms. The van der Waals surface area contributed by atoms with E-state index in [0.717, 1.165) is 5.56 Å². The predicted molar refractivity (Wildman–Crippen MR) is 89.7 cm³/mol. The Kier molecular flexibility index (Phi) is 6.33. The number of carbonyl (C=O) groups is 3. The van der Waals surface area contributed by atoms with Gasteiger partial charge in [-0.25, -0.2) is 0 Å². The monoisotopic (exact) mass is 344 g/mol. The number of carbonyl (C=O) groups excluding carboxylic acids is 3. The molecule has 0 spiro atoms. The number of esters is 1. The highest BCUT2D eigenvalue weighted by Gasteiger charge is 2.14. The molecule has 0 aliphatic carbocycles. The maximum atomic E-state index is 11.9.